The standard InChI is InChI=1S/C10H19NO/c1-9(2)10(12)8-11-6-4-3-5-7-11/h9H,3-8H2,1-2H3. The minimum Gasteiger partial charge on any atom is -0.298 e. The molecule has 0 bridgehead atoms. The average Bonchev–Trinajstić information content (AvgIpc) is 2.06. The summed E-state index contributed by atoms with van der Waals surface area (Å²) in [6.07, 6.45) is 3.88. The van der Waals surface area contributed by atoms with Crippen LogP contribution >= 0.6 is 0 Å². The Balaban J connectivity index is 2.24. The van der Waals surface area contributed by atoms with Crippen molar-refractivity contribution in [3.05, 3.63) is 0 Å². The molecular weight excluding hydrogens is 150 g/mol. The lowest BCUT2D eigenvalue weighted by Gasteiger charge is -2.26. The smallest absolute Gasteiger partial charge is 0.149 e. The van der Waals surface area contributed by atoms with Crippen LogP contribution in [0.5, 0.6) is 0 Å². The third kappa shape index (κ3) is 2.94. The normalized spacial score (nSPS) is 19.9. The lowest BCUT2D eigenvalue weighted by atomic mass is 10.1. The largest absolute Gasteiger partial charge is 0.298 e. The molecule has 0 aliphatic carbocycles. The Bertz CT molecular complexity index is 148. The van der Waals surface area contributed by atoms with Crippen LogP contribution in [0.3, 0.4) is 0 Å². The van der Waals surface area contributed by atoms with Crippen molar-refractivity contribution in [1.82, 2.24) is 4.90 Å². The van der Waals surface area contributed by atoms with E-state index in [-0.39, 0.29) is 5.92 Å². The molecule has 1 fully saturated rings. The molecule has 2 heteroatoms. The lowest BCUT2D eigenvalue weighted by Crippen LogP contribution is -2.35. The van der Waals surface area contributed by atoms with E-state index in [1.807, 2.05) is 13.8 Å². The SMILES string of the molecule is CC(C)C(=O)CN1CCCCC1. The maximum atomic E-state index is 11.4. The highest BCUT2D eigenvalue weighted by Gasteiger charge is 2.15. The number of piperidine rings is 1. The van der Waals surface area contributed by atoms with E-state index in [1.165, 1.54) is 19.3 Å². The van der Waals surface area contributed by atoms with E-state index >= 15 is 0 Å². The van der Waals surface area contributed by atoms with E-state index in [0.717, 1.165) is 13.1 Å². The van der Waals surface area contributed by atoms with Crippen molar-refractivity contribution in [2.24, 2.45) is 5.92 Å². The molecule has 0 spiro atoms. The number of carbonyl (C=O) groups is 1. The number of Topliss-reactive ketones (excluding diaryl/α,β-unsaturated/α-hetero) is 1. The molecule has 0 aromatic heterocycles. The Morgan fingerprint density at radius 2 is 1.83 bits per heavy atom. The highest BCUT2D eigenvalue weighted by Crippen LogP contribution is 2.09. The molecule has 12 heavy (non-hydrogen) atoms. The summed E-state index contributed by atoms with van der Waals surface area (Å²) in [6, 6.07) is 0. The van der Waals surface area contributed by atoms with Gasteiger partial charge in [0, 0.05) is 5.92 Å². The summed E-state index contributed by atoms with van der Waals surface area (Å²) >= 11 is 0. The van der Waals surface area contributed by atoms with Crippen LogP contribution in [0.15, 0.2) is 0 Å². The van der Waals surface area contributed by atoms with Crippen LogP contribution in [-0.4, -0.2) is 30.3 Å². The van der Waals surface area contributed by atoms with Gasteiger partial charge in [0.2, 0.25) is 0 Å². The second-order valence-corrected chi connectivity index (χ2v) is 3.96. The molecule has 1 rings (SSSR count). The number of nitrogens with zero attached hydrogens (tertiary/aromatic N) is 1. The van der Waals surface area contributed by atoms with Crippen molar-refractivity contribution in [3.63, 3.8) is 0 Å². The van der Waals surface area contributed by atoms with Crippen molar-refractivity contribution in [1.29, 1.82) is 0 Å². The van der Waals surface area contributed by atoms with Gasteiger partial charge in [0.15, 0.2) is 0 Å². The van der Waals surface area contributed by atoms with Gasteiger partial charge in [0.25, 0.3) is 0 Å². The molecule has 0 atom stereocenters. The first-order valence-electron chi connectivity index (χ1n) is 4.95. The zero-order valence-electron chi connectivity index (χ0n) is 8.18. The summed E-state index contributed by atoms with van der Waals surface area (Å²) in [5.41, 5.74) is 0. The molecule has 0 saturated carbocycles. The predicted octanol–water partition coefficient (Wildman–Crippen LogP) is 1.70. The Morgan fingerprint density at radius 3 is 2.33 bits per heavy atom. The molecule has 0 aromatic rings. The van der Waals surface area contributed by atoms with E-state index in [1.54, 1.807) is 0 Å². The summed E-state index contributed by atoms with van der Waals surface area (Å²) < 4.78 is 0. The molecule has 0 unspecified atom stereocenters. The highest BCUT2D eigenvalue weighted by atomic mass is 16.1. The zero-order chi connectivity index (χ0) is 8.97. The second kappa shape index (κ2) is 4.61. The number of ketones is 1. The Hall–Kier alpha value is -0.370. The number of rotatable bonds is 3. The van der Waals surface area contributed by atoms with Crippen LogP contribution in [0.25, 0.3) is 0 Å². The maximum absolute atomic E-state index is 11.4. The van der Waals surface area contributed by atoms with Gasteiger partial charge in [-0.15, -0.1) is 0 Å². The van der Waals surface area contributed by atoms with Crippen LogP contribution in [-0.2, 0) is 4.79 Å². The highest BCUT2D eigenvalue weighted by molar-refractivity contribution is 5.82. The first-order valence-corrected chi connectivity index (χ1v) is 4.95. The predicted molar refractivity (Wildman–Crippen MR) is 50.1 cm³/mol. The van der Waals surface area contributed by atoms with Gasteiger partial charge in [-0.1, -0.05) is 20.3 Å². The molecule has 0 N–H and O–H groups in total. The quantitative estimate of drug-likeness (QED) is 0.641. The van der Waals surface area contributed by atoms with Crippen LogP contribution in [0.1, 0.15) is 33.1 Å². The van der Waals surface area contributed by atoms with Gasteiger partial charge in [-0.05, 0) is 25.9 Å². The Kier molecular flexibility index (Phi) is 3.73. The molecule has 1 aliphatic rings. The van der Waals surface area contributed by atoms with E-state index in [2.05, 4.69) is 4.90 Å². The number of hydrogen-bond donors (Lipinski definition) is 0. The van der Waals surface area contributed by atoms with Crippen LogP contribution in [0.4, 0.5) is 0 Å². The van der Waals surface area contributed by atoms with Gasteiger partial charge < -0.3 is 0 Å². The Morgan fingerprint density at radius 1 is 1.25 bits per heavy atom. The first kappa shape index (κ1) is 9.72. The third-order valence-corrected chi connectivity index (χ3v) is 2.47. The fourth-order valence-corrected chi connectivity index (χ4v) is 1.52. The van der Waals surface area contributed by atoms with Crippen LogP contribution < -0.4 is 0 Å². The fraction of sp³-hybridized carbons (Fsp3) is 0.900. The van der Waals surface area contributed by atoms with Crippen molar-refractivity contribution in [2.45, 2.75) is 33.1 Å². The summed E-state index contributed by atoms with van der Waals surface area (Å²) in [6.45, 7) is 6.88. The topological polar surface area (TPSA) is 20.3 Å². The molecule has 1 heterocycles. The molecule has 2 nitrogen and oxygen atoms in total. The van der Waals surface area contributed by atoms with Gasteiger partial charge >= 0.3 is 0 Å². The first-order chi connectivity index (χ1) is 5.70. The lowest BCUT2D eigenvalue weighted by molar-refractivity contribution is -0.123. The minimum absolute atomic E-state index is 0.201. The van der Waals surface area contributed by atoms with Crippen molar-refractivity contribution >= 4 is 5.78 Å². The summed E-state index contributed by atoms with van der Waals surface area (Å²) in [5, 5.41) is 0. The van der Waals surface area contributed by atoms with Crippen molar-refractivity contribution < 1.29 is 4.79 Å². The summed E-state index contributed by atoms with van der Waals surface area (Å²) in [5.74, 6) is 0.587. The van der Waals surface area contributed by atoms with E-state index < -0.39 is 0 Å². The molecule has 70 valence electrons. The van der Waals surface area contributed by atoms with Gasteiger partial charge in [-0.25, -0.2) is 0 Å². The molecular formula is C10H19NO. The van der Waals surface area contributed by atoms with Gasteiger partial charge in [-0.2, -0.15) is 0 Å². The van der Waals surface area contributed by atoms with Crippen molar-refractivity contribution in [3.8, 4) is 0 Å². The van der Waals surface area contributed by atoms with Gasteiger partial charge in [0.05, 0.1) is 6.54 Å². The van der Waals surface area contributed by atoms with Crippen LogP contribution in [0.2, 0.25) is 0 Å². The van der Waals surface area contributed by atoms with Gasteiger partial charge in [0.1, 0.15) is 5.78 Å². The second-order valence-electron chi connectivity index (χ2n) is 3.96. The number of likely N-dealkylation sites (tertiary alicyclic amines) is 1. The maximum Gasteiger partial charge on any atom is 0.149 e. The number of carbonyl (C=O) groups excluding carboxylic acids is 1. The zero-order valence-corrected chi connectivity index (χ0v) is 8.18. The number of hydrogen-bond acceptors (Lipinski definition) is 2. The monoisotopic (exact) mass is 169 g/mol. The fourth-order valence-electron chi connectivity index (χ4n) is 1.52. The molecule has 1 saturated heterocycles. The molecule has 1 aliphatic heterocycles. The molecule has 0 radical (unpaired) electrons. The average molecular weight is 169 g/mol. The van der Waals surface area contributed by atoms with Gasteiger partial charge in [-0.3, -0.25) is 9.69 Å². The minimum atomic E-state index is 0.201. The van der Waals surface area contributed by atoms with E-state index in [4.69, 9.17) is 0 Å². The third-order valence-electron chi connectivity index (χ3n) is 2.47. The van der Waals surface area contributed by atoms with Crippen LogP contribution in [0, 0.1) is 5.92 Å². The molecule has 0 amide bonds. The van der Waals surface area contributed by atoms with E-state index in [9.17, 15) is 4.79 Å². The Labute approximate surface area is 74.9 Å². The van der Waals surface area contributed by atoms with Crippen molar-refractivity contribution in [2.75, 3.05) is 19.6 Å². The molecule has 0 aromatic carbocycles. The van der Waals surface area contributed by atoms with E-state index in [0.29, 0.717) is 12.3 Å². The summed E-state index contributed by atoms with van der Waals surface area (Å²) in [4.78, 5) is 13.7. The summed E-state index contributed by atoms with van der Waals surface area (Å²) in [7, 11) is 0.